The highest BCUT2D eigenvalue weighted by Gasteiger charge is 2.26. The lowest BCUT2D eigenvalue weighted by Gasteiger charge is -2.22. The summed E-state index contributed by atoms with van der Waals surface area (Å²) >= 11 is 0. The smallest absolute Gasteiger partial charge is 0.307 e. The van der Waals surface area contributed by atoms with Crippen molar-refractivity contribution in [3.63, 3.8) is 0 Å². The summed E-state index contributed by atoms with van der Waals surface area (Å²) in [5.41, 5.74) is 2.08. The minimum absolute atomic E-state index is 0.107. The molecule has 2 aromatic rings. The molecule has 0 aliphatic carbocycles. The van der Waals surface area contributed by atoms with E-state index in [9.17, 15) is 9.90 Å². The van der Waals surface area contributed by atoms with E-state index < -0.39 is 11.9 Å². The van der Waals surface area contributed by atoms with Crippen molar-refractivity contribution >= 4 is 5.97 Å². The molecule has 2 aromatic carbocycles. The summed E-state index contributed by atoms with van der Waals surface area (Å²) in [7, 11) is 0. The first-order chi connectivity index (χ1) is 8.70. The Bertz CT molecular complexity index is 466. The fourth-order valence-corrected chi connectivity index (χ4v) is 2.23. The largest absolute Gasteiger partial charge is 0.481 e. The van der Waals surface area contributed by atoms with Crippen LogP contribution in [0.15, 0.2) is 60.7 Å². The van der Waals surface area contributed by atoms with Gasteiger partial charge in [-0.3, -0.25) is 4.79 Å². The third-order valence-electron chi connectivity index (χ3n) is 3.21. The molecule has 1 N–H and O–H groups in total. The zero-order chi connectivity index (χ0) is 13.0. The summed E-state index contributed by atoms with van der Waals surface area (Å²) in [6.45, 7) is 1.76. The van der Waals surface area contributed by atoms with Crippen LogP contribution < -0.4 is 0 Å². The molecule has 92 valence electrons. The Morgan fingerprint density at radius 2 is 1.28 bits per heavy atom. The Morgan fingerprint density at radius 3 is 1.61 bits per heavy atom. The predicted molar refractivity (Wildman–Crippen MR) is 71.5 cm³/mol. The Labute approximate surface area is 107 Å². The summed E-state index contributed by atoms with van der Waals surface area (Å²) in [5.74, 6) is -1.33. The molecule has 0 radical (unpaired) electrons. The second-order valence-electron chi connectivity index (χ2n) is 4.43. The zero-order valence-electron chi connectivity index (χ0n) is 10.3. The number of hydrogen-bond donors (Lipinski definition) is 1. The quantitative estimate of drug-likeness (QED) is 0.887. The number of carboxylic acid groups (broad SMARTS) is 1. The molecule has 0 aliphatic rings. The first-order valence-electron chi connectivity index (χ1n) is 6.03. The van der Waals surface area contributed by atoms with E-state index in [-0.39, 0.29) is 5.92 Å². The number of carbonyl (C=O) groups is 1. The molecular weight excluding hydrogens is 224 g/mol. The number of carboxylic acids is 1. The van der Waals surface area contributed by atoms with Gasteiger partial charge in [-0.05, 0) is 11.1 Å². The van der Waals surface area contributed by atoms with Crippen molar-refractivity contribution in [2.45, 2.75) is 12.8 Å². The Morgan fingerprint density at radius 1 is 0.889 bits per heavy atom. The fourth-order valence-electron chi connectivity index (χ4n) is 2.23. The van der Waals surface area contributed by atoms with Crippen LogP contribution in [0.25, 0.3) is 0 Å². The van der Waals surface area contributed by atoms with E-state index in [1.807, 2.05) is 60.7 Å². The number of benzene rings is 2. The van der Waals surface area contributed by atoms with Gasteiger partial charge in [0, 0.05) is 5.92 Å². The van der Waals surface area contributed by atoms with Crippen molar-refractivity contribution in [3.05, 3.63) is 71.8 Å². The van der Waals surface area contributed by atoms with E-state index in [2.05, 4.69) is 0 Å². The average molecular weight is 240 g/mol. The molecule has 0 unspecified atom stereocenters. The molecule has 18 heavy (non-hydrogen) atoms. The molecular formula is C16H16O2. The van der Waals surface area contributed by atoms with Gasteiger partial charge in [-0.1, -0.05) is 67.6 Å². The van der Waals surface area contributed by atoms with Crippen LogP contribution in [0.1, 0.15) is 24.0 Å². The molecule has 0 spiro atoms. The van der Waals surface area contributed by atoms with Gasteiger partial charge in [0.25, 0.3) is 0 Å². The van der Waals surface area contributed by atoms with Crippen LogP contribution in [0.3, 0.4) is 0 Å². The minimum atomic E-state index is -0.771. The maximum atomic E-state index is 11.3. The maximum absolute atomic E-state index is 11.3. The summed E-state index contributed by atoms with van der Waals surface area (Å²) < 4.78 is 0. The molecule has 0 aliphatic heterocycles. The molecule has 1 atom stereocenters. The van der Waals surface area contributed by atoms with E-state index >= 15 is 0 Å². The van der Waals surface area contributed by atoms with Crippen LogP contribution in [-0.2, 0) is 4.79 Å². The summed E-state index contributed by atoms with van der Waals surface area (Å²) in [6, 6.07) is 19.6. The molecule has 2 heteroatoms. The van der Waals surface area contributed by atoms with E-state index in [1.54, 1.807) is 6.92 Å². The summed E-state index contributed by atoms with van der Waals surface area (Å²) in [5, 5.41) is 9.28. The highest BCUT2D eigenvalue weighted by atomic mass is 16.4. The van der Waals surface area contributed by atoms with Gasteiger partial charge in [-0.15, -0.1) is 0 Å². The van der Waals surface area contributed by atoms with E-state index in [4.69, 9.17) is 0 Å². The molecule has 2 rings (SSSR count). The molecule has 0 saturated heterocycles. The Hall–Kier alpha value is -2.09. The third kappa shape index (κ3) is 2.59. The van der Waals surface area contributed by atoms with Crippen molar-refractivity contribution in [1.82, 2.24) is 0 Å². The van der Waals surface area contributed by atoms with E-state index in [1.165, 1.54) is 0 Å². The maximum Gasteiger partial charge on any atom is 0.307 e. The van der Waals surface area contributed by atoms with Gasteiger partial charge in [0.05, 0.1) is 5.92 Å². The molecule has 0 aromatic heterocycles. The van der Waals surface area contributed by atoms with Crippen molar-refractivity contribution in [2.24, 2.45) is 5.92 Å². The molecule has 0 amide bonds. The van der Waals surface area contributed by atoms with Crippen molar-refractivity contribution < 1.29 is 9.90 Å². The van der Waals surface area contributed by atoms with Crippen LogP contribution in [0.2, 0.25) is 0 Å². The summed E-state index contributed by atoms with van der Waals surface area (Å²) in [4.78, 5) is 11.3. The molecule has 0 bridgehead atoms. The Kier molecular flexibility index (Phi) is 3.78. The first-order valence-corrected chi connectivity index (χ1v) is 6.03. The van der Waals surface area contributed by atoms with E-state index in [0.717, 1.165) is 11.1 Å². The van der Waals surface area contributed by atoms with Crippen LogP contribution in [0.5, 0.6) is 0 Å². The number of hydrogen-bond acceptors (Lipinski definition) is 1. The van der Waals surface area contributed by atoms with E-state index in [0.29, 0.717) is 0 Å². The van der Waals surface area contributed by atoms with Gasteiger partial charge in [0.15, 0.2) is 0 Å². The van der Waals surface area contributed by atoms with Gasteiger partial charge in [-0.25, -0.2) is 0 Å². The van der Waals surface area contributed by atoms with Gasteiger partial charge in [-0.2, -0.15) is 0 Å². The lowest BCUT2D eigenvalue weighted by molar-refractivity contribution is -0.141. The lowest BCUT2D eigenvalue weighted by Crippen LogP contribution is -2.20. The van der Waals surface area contributed by atoms with Crippen LogP contribution >= 0.6 is 0 Å². The highest BCUT2D eigenvalue weighted by Crippen LogP contribution is 2.31. The van der Waals surface area contributed by atoms with Gasteiger partial charge < -0.3 is 5.11 Å². The average Bonchev–Trinajstić information content (AvgIpc) is 2.41. The monoisotopic (exact) mass is 240 g/mol. The third-order valence-corrected chi connectivity index (χ3v) is 3.21. The van der Waals surface area contributed by atoms with Crippen molar-refractivity contribution in [3.8, 4) is 0 Å². The van der Waals surface area contributed by atoms with Gasteiger partial charge >= 0.3 is 5.97 Å². The van der Waals surface area contributed by atoms with Crippen molar-refractivity contribution in [1.29, 1.82) is 0 Å². The first kappa shape index (κ1) is 12.4. The molecule has 0 heterocycles. The number of aliphatic carboxylic acids is 1. The molecule has 2 nitrogen and oxygen atoms in total. The van der Waals surface area contributed by atoms with Gasteiger partial charge in [0.2, 0.25) is 0 Å². The number of rotatable bonds is 4. The van der Waals surface area contributed by atoms with Gasteiger partial charge in [0.1, 0.15) is 0 Å². The topological polar surface area (TPSA) is 37.3 Å². The molecule has 0 fully saturated rings. The molecule has 0 saturated carbocycles. The minimum Gasteiger partial charge on any atom is -0.481 e. The van der Waals surface area contributed by atoms with Crippen molar-refractivity contribution in [2.75, 3.05) is 0 Å². The normalized spacial score (nSPS) is 12.3. The van der Waals surface area contributed by atoms with Crippen LogP contribution in [0.4, 0.5) is 0 Å². The zero-order valence-corrected chi connectivity index (χ0v) is 10.3. The highest BCUT2D eigenvalue weighted by molar-refractivity contribution is 5.72. The SMILES string of the molecule is C[C@H](C(=O)O)C(c1ccccc1)c1ccccc1. The lowest BCUT2D eigenvalue weighted by atomic mass is 9.82. The second-order valence-corrected chi connectivity index (χ2v) is 4.43. The van der Waals surface area contributed by atoms with Crippen LogP contribution in [0, 0.1) is 5.92 Å². The second kappa shape index (κ2) is 5.50. The standard InChI is InChI=1S/C16H16O2/c1-12(16(17)18)15(13-8-4-2-5-9-13)14-10-6-3-7-11-14/h2-12,15H,1H3,(H,17,18)/t12-/m0/s1. The predicted octanol–water partition coefficient (Wildman–Crippen LogP) is 3.54. The fraction of sp³-hybridized carbons (Fsp3) is 0.188. The Balaban J connectivity index is 2.45. The summed E-state index contributed by atoms with van der Waals surface area (Å²) in [6.07, 6.45) is 0. The van der Waals surface area contributed by atoms with Crippen LogP contribution in [-0.4, -0.2) is 11.1 Å².